The highest BCUT2D eigenvalue weighted by Crippen LogP contribution is 2.26. The van der Waals surface area contributed by atoms with E-state index in [1.54, 1.807) is 53.4 Å². The SMILES string of the molecule is CCn1c(SCC(=O)Nc2cccc(C(=O)N3CCOCC3)c2)nnc1[C@H](CC(C)C)NC(=O)c1ccccc1Cl. The van der Waals surface area contributed by atoms with Crippen LogP contribution in [0.5, 0.6) is 0 Å². The number of benzene rings is 2. The average Bonchev–Trinajstić information content (AvgIpc) is 3.39. The van der Waals surface area contributed by atoms with E-state index in [4.69, 9.17) is 16.3 Å². The smallest absolute Gasteiger partial charge is 0.254 e. The highest BCUT2D eigenvalue weighted by molar-refractivity contribution is 7.99. The largest absolute Gasteiger partial charge is 0.378 e. The Hall–Kier alpha value is -3.41. The second-order valence-corrected chi connectivity index (χ2v) is 11.4. The molecule has 0 spiro atoms. The molecule has 0 unspecified atom stereocenters. The summed E-state index contributed by atoms with van der Waals surface area (Å²) in [5.41, 5.74) is 1.46. The molecular weight excluding hydrogens is 564 g/mol. The first-order chi connectivity index (χ1) is 19.8. The van der Waals surface area contributed by atoms with Gasteiger partial charge in [-0.15, -0.1) is 10.2 Å². The molecule has 2 heterocycles. The standard InChI is InChI=1S/C29H35ClN6O4S/c1-4-36-26(24(16-19(2)3)32-27(38)22-10-5-6-11-23(22)30)33-34-29(36)41-18-25(37)31-21-9-7-8-20(17-21)28(39)35-12-14-40-15-13-35/h5-11,17,19,24H,4,12-16,18H2,1-3H3,(H,31,37)(H,32,38)/t24-/m0/s1. The molecule has 41 heavy (non-hydrogen) atoms. The van der Waals surface area contributed by atoms with Gasteiger partial charge >= 0.3 is 0 Å². The molecule has 4 rings (SSSR count). The van der Waals surface area contributed by atoms with Crippen LogP contribution in [-0.4, -0.2) is 69.4 Å². The lowest BCUT2D eigenvalue weighted by molar-refractivity contribution is -0.113. The molecule has 2 aromatic carbocycles. The van der Waals surface area contributed by atoms with Crippen molar-refractivity contribution in [2.75, 3.05) is 37.4 Å². The van der Waals surface area contributed by atoms with Gasteiger partial charge in [0.1, 0.15) is 0 Å². The number of hydrogen-bond acceptors (Lipinski definition) is 7. The van der Waals surface area contributed by atoms with Crippen molar-refractivity contribution in [3.63, 3.8) is 0 Å². The predicted molar refractivity (Wildman–Crippen MR) is 159 cm³/mol. The predicted octanol–water partition coefficient (Wildman–Crippen LogP) is 4.67. The molecule has 0 radical (unpaired) electrons. The van der Waals surface area contributed by atoms with Crippen LogP contribution in [0.4, 0.5) is 5.69 Å². The van der Waals surface area contributed by atoms with E-state index in [0.717, 1.165) is 0 Å². The lowest BCUT2D eigenvalue weighted by atomic mass is 10.0. The molecule has 218 valence electrons. The molecule has 1 saturated heterocycles. The zero-order valence-corrected chi connectivity index (χ0v) is 25.0. The number of anilines is 1. The maximum absolute atomic E-state index is 13.0. The molecule has 0 saturated carbocycles. The second kappa shape index (κ2) is 14.5. The lowest BCUT2D eigenvalue weighted by Gasteiger charge is -2.27. The topological polar surface area (TPSA) is 118 Å². The molecule has 3 amide bonds. The van der Waals surface area contributed by atoms with Crippen molar-refractivity contribution in [3.8, 4) is 0 Å². The van der Waals surface area contributed by atoms with E-state index in [2.05, 4.69) is 34.7 Å². The van der Waals surface area contributed by atoms with Crippen LogP contribution in [0.25, 0.3) is 0 Å². The molecule has 0 bridgehead atoms. The molecule has 1 aliphatic rings. The summed E-state index contributed by atoms with van der Waals surface area (Å²) in [5, 5.41) is 15.6. The molecule has 12 heteroatoms. The number of amides is 3. The summed E-state index contributed by atoms with van der Waals surface area (Å²) in [5.74, 6) is 0.402. The number of carbonyl (C=O) groups is 3. The highest BCUT2D eigenvalue weighted by atomic mass is 35.5. The van der Waals surface area contributed by atoms with Gasteiger partial charge in [0.15, 0.2) is 11.0 Å². The molecule has 1 fully saturated rings. The number of aromatic nitrogens is 3. The third kappa shape index (κ3) is 8.08. The molecule has 0 aliphatic carbocycles. The van der Waals surface area contributed by atoms with Gasteiger partial charge in [0.2, 0.25) is 5.91 Å². The molecular formula is C29H35ClN6O4S. The summed E-state index contributed by atoms with van der Waals surface area (Å²) in [6.45, 7) is 8.83. The quantitative estimate of drug-likeness (QED) is 0.308. The summed E-state index contributed by atoms with van der Waals surface area (Å²) in [6, 6.07) is 13.5. The first kappa shape index (κ1) is 30.5. The Morgan fingerprint density at radius 3 is 2.54 bits per heavy atom. The Labute approximate surface area is 249 Å². The average molecular weight is 599 g/mol. The van der Waals surface area contributed by atoms with E-state index in [1.807, 2.05) is 11.5 Å². The van der Waals surface area contributed by atoms with E-state index >= 15 is 0 Å². The summed E-state index contributed by atoms with van der Waals surface area (Å²) in [7, 11) is 0. The molecule has 1 aromatic heterocycles. The highest BCUT2D eigenvalue weighted by Gasteiger charge is 2.25. The van der Waals surface area contributed by atoms with Gasteiger partial charge in [0.05, 0.1) is 35.6 Å². The Bertz CT molecular complexity index is 1370. The maximum Gasteiger partial charge on any atom is 0.254 e. The minimum absolute atomic E-state index is 0.0834. The van der Waals surface area contributed by atoms with Gasteiger partial charge < -0.3 is 24.8 Å². The molecule has 10 nitrogen and oxygen atoms in total. The monoisotopic (exact) mass is 598 g/mol. The van der Waals surface area contributed by atoms with Crippen LogP contribution in [0.1, 0.15) is 59.8 Å². The third-order valence-electron chi connectivity index (χ3n) is 6.53. The van der Waals surface area contributed by atoms with Gasteiger partial charge in [0, 0.05) is 30.9 Å². The number of carbonyl (C=O) groups excluding carboxylic acids is 3. The van der Waals surface area contributed by atoms with E-state index < -0.39 is 0 Å². The number of hydrogen-bond donors (Lipinski definition) is 2. The van der Waals surface area contributed by atoms with Crippen molar-refractivity contribution in [2.45, 2.75) is 44.9 Å². The van der Waals surface area contributed by atoms with Crippen molar-refractivity contribution in [1.29, 1.82) is 0 Å². The molecule has 1 atom stereocenters. The molecule has 3 aromatic rings. The van der Waals surface area contributed by atoms with E-state index in [-0.39, 0.29) is 35.4 Å². The fraction of sp³-hybridized carbons (Fsp3) is 0.414. The van der Waals surface area contributed by atoms with Crippen LogP contribution in [0, 0.1) is 5.92 Å². The summed E-state index contributed by atoms with van der Waals surface area (Å²) in [4.78, 5) is 40.4. The Kier molecular flexibility index (Phi) is 10.8. The van der Waals surface area contributed by atoms with Crippen LogP contribution in [0.2, 0.25) is 5.02 Å². The van der Waals surface area contributed by atoms with Gasteiger partial charge in [-0.05, 0) is 49.6 Å². The number of rotatable bonds is 11. The lowest BCUT2D eigenvalue weighted by Crippen LogP contribution is -2.40. The van der Waals surface area contributed by atoms with E-state index in [9.17, 15) is 14.4 Å². The fourth-order valence-electron chi connectivity index (χ4n) is 4.55. The van der Waals surface area contributed by atoms with Crippen LogP contribution in [-0.2, 0) is 16.1 Å². The summed E-state index contributed by atoms with van der Waals surface area (Å²) >= 11 is 7.51. The van der Waals surface area contributed by atoms with Crippen molar-refractivity contribution in [3.05, 3.63) is 70.5 Å². The normalized spacial score (nSPS) is 14.1. The zero-order chi connectivity index (χ0) is 29.4. The number of thioether (sulfide) groups is 1. The fourth-order valence-corrected chi connectivity index (χ4v) is 5.58. The minimum atomic E-state index is -0.388. The van der Waals surface area contributed by atoms with Crippen LogP contribution in [0.3, 0.4) is 0 Å². The van der Waals surface area contributed by atoms with Crippen LogP contribution < -0.4 is 10.6 Å². The van der Waals surface area contributed by atoms with Crippen LogP contribution >= 0.6 is 23.4 Å². The van der Waals surface area contributed by atoms with Crippen molar-refractivity contribution in [1.82, 2.24) is 25.0 Å². The number of ether oxygens (including phenoxy) is 1. The van der Waals surface area contributed by atoms with E-state index in [0.29, 0.717) is 72.1 Å². The Morgan fingerprint density at radius 2 is 1.83 bits per heavy atom. The van der Waals surface area contributed by atoms with Gasteiger partial charge in [-0.3, -0.25) is 14.4 Å². The van der Waals surface area contributed by atoms with Crippen LogP contribution in [0.15, 0.2) is 53.7 Å². The summed E-state index contributed by atoms with van der Waals surface area (Å²) in [6.07, 6.45) is 0.652. The zero-order valence-electron chi connectivity index (χ0n) is 23.4. The van der Waals surface area contributed by atoms with Crippen molar-refractivity contribution < 1.29 is 19.1 Å². The third-order valence-corrected chi connectivity index (χ3v) is 7.82. The Balaban J connectivity index is 1.41. The second-order valence-electron chi connectivity index (χ2n) is 10.0. The van der Waals surface area contributed by atoms with Gasteiger partial charge in [0.25, 0.3) is 11.8 Å². The molecule has 1 aliphatic heterocycles. The number of morpholine rings is 1. The summed E-state index contributed by atoms with van der Waals surface area (Å²) < 4.78 is 7.24. The van der Waals surface area contributed by atoms with E-state index in [1.165, 1.54) is 11.8 Å². The maximum atomic E-state index is 13.0. The van der Waals surface area contributed by atoms with Gasteiger partial charge in [-0.2, -0.15) is 0 Å². The van der Waals surface area contributed by atoms with Crippen molar-refractivity contribution >= 4 is 46.8 Å². The van der Waals surface area contributed by atoms with Crippen molar-refractivity contribution in [2.24, 2.45) is 5.92 Å². The first-order valence-corrected chi connectivity index (χ1v) is 15.0. The molecule has 2 N–H and O–H groups in total. The number of nitrogens with one attached hydrogen (secondary N) is 2. The number of nitrogens with zero attached hydrogens (tertiary/aromatic N) is 4. The first-order valence-electron chi connectivity index (χ1n) is 13.6. The van der Waals surface area contributed by atoms with Gasteiger partial charge in [-0.1, -0.05) is 55.4 Å². The Morgan fingerprint density at radius 1 is 1.07 bits per heavy atom. The minimum Gasteiger partial charge on any atom is -0.378 e. The van der Waals surface area contributed by atoms with Gasteiger partial charge in [-0.25, -0.2) is 0 Å². The number of halogens is 1.